The van der Waals surface area contributed by atoms with Gasteiger partial charge in [-0.3, -0.25) is 4.79 Å². The van der Waals surface area contributed by atoms with Crippen LogP contribution < -0.4 is 11.1 Å². The third kappa shape index (κ3) is 1.84. The van der Waals surface area contributed by atoms with Gasteiger partial charge in [-0.1, -0.05) is 6.92 Å². The average Bonchev–Trinajstić information content (AvgIpc) is 2.61. The molecular formula is C12H22N2O2. The van der Waals surface area contributed by atoms with Crippen molar-refractivity contribution in [3.8, 4) is 0 Å². The van der Waals surface area contributed by atoms with E-state index < -0.39 is 0 Å². The summed E-state index contributed by atoms with van der Waals surface area (Å²) in [5, 5.41) is 3.32. The van der Waals surface area contributed by atoms with Crippen molar-refractivity contribution in [3.05, 3.63) is 0 Å². The zero-order chi connectivity index (χ0) is 11.8. The van der Waals surface area contributed by atoms with E-state index in [9.17, 15) is 4.79 Å². The SMILES string of the molecule is CCC1(C)CC2(CCO1)CNCC2C(N)=O. The van der Waals surface area contributed by atoms with Crippen LogP contribution in [0.15, 0.2) is 0 Å². The Morgan fingerprint density at radius 1 is 1.62 bits per heavy atom. The summed E-state index contributed by atoms with van der Waals surface area (Å²) in [5.41, 5.74) is 5.46. The van der Waals surface area contributed by atoms with Crippen LogP contribution in [0.5, 0.6) is 0 Å². The molecule has 1 amide bonds. The molecule has 0 aromatic heterocycles. The van der Waals surface area contributed by atoms with Crippen LogP contribution in [0.2, 0.25) is 0 Å². The van der Waals surface area contributed by atoms with Crippen LogP contribution in [-0.2, 0) is 9.53 Å². The molecule has 4 heteroatoms. The quantitative estimate of drug-likeness (QED) is 0.727. The second-order valence-corrected chi connectivity index (χ2v) is 5.53. The van der Waals surface area contributed by atoms with E-state index in [-0.39, 0.29) is 22.8 Å². The predicted molar refractivity (Wildman–Crippen MR) is 61.9 cm³/mol. The molecule has 0 aromatic rings. The van der Waals surface area contributed by atoms with Gasteiger partial charge in [-0.05, 0) is 26.2 Å². The summed E-state index contributed by atoms with van der Waals surface area (Å²) in [5.74, 6) is -0.187. The molecule has 92 valence electrons. The molecule has 0 aliphatic carbocycles. The number of nitrogens with one attached hydrogen (secondary N) is 1. The maximum atomic E-state index is 11.5. The van der Waals surface area contributed by atoms with Crippen molar-refractivity contribution >= 4 is 5.91 Å². The van der Waals surface area contributed by atoms with E-state index in [0.29, 0.717) is 0 Å². The van der Waals surface area contributed by atoms with Gasteiger partial charge in [0.05, 0.1) is 11.5 Å². The van der Waals surface area contributed by atoms with Gasteiger partial charge in [-0.15, -0.1) is 0 Å². The number of carbonyl (C=O) groups excluding carboxylic acids is 1. The van der Waals surface area contributed by atoms with Gasteiger partial charge in [0, 0.05) is 25.1 Å². The van der Waals surface area contributed by atoms with E-state index in [4.69, 9.17) is 10.5 Å². The minimum Gasteiger partial charge on any atom is -0.375 e. The van der Waals surface area contributed by atoms with Crippen LogP contribution in [0.1, 0.15) is 33.1 Å². The van der Waals surface area contributed by atoms with Crippen LogP contribution >= 0.6 is 0 Å². The topological polar surface area (TPSA) is 64.3 Å². The van der Waals surface area contributed by atoms with Crippen molar-refractivity contribution in [1.82, 2.24) is 5.32 Å². The second kappa shape index (κ2) is 4.00. The average molecular weight is 226 g/mol. The first kappa shape index (κ1) is 11.9. The number of rotatable bonds is 2. The van der Waals surface area contributed by atoms with Gasteiger partial charge >= 0.3 is 0 Å². The third-order valence-corrected chi connectivity index (χ3v) is 4.43. The molecule has 1 spiro atoms. The molecule has 3 unspecified atom stereocenters. The summed E-state index contributed by atoms with van der Waals surface area (Å²) in [6.45, 7) is 6.66. The molecule has 2 saturated heterocycles. The van der Waals surface area contributed by atoms with E-state index in [1.54, 1.807) is 0 Å². The van der Waals surface area contributed by atoms with Gasteiger partial charge in [0.1, 0.15) is 0 Å². The molecule has 4 nitrogen and oxygen atoms in total. The lowest BCUT2D eigenvalue weighted by Gasteiger charge is -2.46. The highest BCUT2D eigenvalue weighted by Gasteiger charge is 2.51. The highest BCUT2D eigenvalue weighted by Crippen LogP contribution is 2.47. The van der Waals surface area contributed by atoms with Gasteiger partial charge in [0.15, 0.2) is 0 Å². The number of carbonyl (C=O) groups is 1. The van der Waals surface area contributed by atoms with Crippen molar-refractivity contribution in [2.45, 2.75) is 38.7 Å². The second-order valence-electron chi connectivity index (χ2n) is 5.53. The zero-order valence-electron chi connectivity index (χ0n) is 10.2. The van der Waals surface area contributed by atoms with E-state index in [2.05, 4.69) is 19.2 Å². The number of nitrogens with two attached hydrogens (primary N) is 1. The lowest BCUT2D eigenvalue weighted by atomic mass is 9.66. The summed E-state index contributed by atoms with van der Waals surface area (Å²) < 4.78 is 5.85. The lowest BCUT2D eigenvalue weighted by molar-refractivity contribution is -0.140. The molecule has 2 fully saturated rings. The normalized spacial score (nSPS) is 43.8. The van der Waals surface area contributed by atoms with Crippen molar-refractivity contribution in [2.75, 3.05) is 19.7 Å². The molecule has 16 heavy (non-hydrogen) atoms. The smallest absolute Gasteiger partial charge is 0.222 e. The minimum atomic E-state index is -0.162. The predicted octanol–water partition coefficient (Wildman–Crippen LogP) is 0.657. The molecule has 2 aliphatic heterocycles. The zero-order valence-corrected chi connectivity index (χ0v) is 10.2. The molecule has 2 heterocycles. The van der Waals surface area contributed by atoms with E-state index in [1.807, 2.05) is 0 Å². The highest BCUT2D eigenvalue weighted by atomic mass is 16.5. The number of hydrogen-bond donors (Lipinski definition) is 2. The summed E-state index contributed by atoms with van der Waals surface area (Å²) >= 11 is 0. The molecular weight excluding hydrogens is 204 g/mol. The number of amides is 1. The Kier molecular flexibility index (Phi) is 2.97. The minimum absolute atomic E-state index is 0.0257. The first-order valence-electron chi connectivity index (χ1n) is 6.15. The van der Waals surface area contributed by atoms with Crippen LogP contribution in [-0.4, -0.2) is 31.2 Å². The Labute approximate surface area is 96.9 Å². The monoisotopic (exact) mass is 226 g/mol. The third-order valence-electron chi connectivity index (χ3n) is 4.43. The Bertz CT molecular complexity index is 295. The Hall–Kier alpha value is -0.610. The fourth-order valence-corrected chi connectivity index (χ4v) is 3.27. The molecule has 0 bridgehead atoms. The lowest BCUT2D eigenvalue weighted by Crippen LogP contribution is -2.49. The number of ether oxygens (including phenoxy) is 1. The maximum absolute atomic E-state index is 11.5. The van der Waals surface area contributed by atoms with Crippen molar-refractivity contribution in [2.24, 2.45) is 17.1 Å². The largest absolute Gasteiger partial charge is 0.375 e. The molecule has 0 saturated carbocycles. The molecule has 3 N–H and O–H groups in total. The van der Waals surface area contributed by atoms with Gasteiger partial charge in [0.25, 0.3) is 0 Å². The Morgan fingerprint density at radius 3 is 3.00 bits per heavy atom. The van der Waals surface area contributed by atoms with Gasteiger partial charge in [-0.2, -0.15) is 0 Å². The van der Waals surface area contributed by atoms with Crippen molar-refractivity contribution in [1.29, 1.82) is 0 Å². The van der Waals surface area contributed by atoms with Crippen LogP contribution in [0.25, 0.3) is 0 Å². The van der Waals surface area contributed by atoms with E-state index in [0.717, 1.165) is 39.0 Å². The summed E-state index contributed by atoms with van der Waals surface area (Å²) in [6.07, 6.45) is 2.88. The molecule has 2 aliphatic rings. The van der Waals surface area contributed by atoms with Crippen molar-refractivity contribution < 1.29 is 9.53 Å². The number of hydrogen-bond acceptors (Lipinski definition) is 3. The van der Waals surface area contributed by atoms with Crippen LogP contribution in [0.4, 0.5) is 0 Å². The van der Waals surface area contributed by atoms with Gasteiger partial charge in [-0.25, -0.2) is 0 Å². The highest BCUT2D eigenvalue weighted by molar-refractivity contribution is 5.78. The van der Waals surface area contributed by atoms with Crippen molar-refractivity contribution in [3.63, 3.8) is 0 Å². The molecule has 0 aromatic carbocycles. The van der Waals surface area contributed by atoms with Crippen LogP contribution in [0.3, 0.4) is 0 Å². The van der Waals surface area contributed by atoms with E-state index >= 15 is 0 Å². The Morgan fingerprint density at radius 2 is 2.38 bits per heavy atom. The number of primary amides is 1. The molecule has 3 atom stereocenters. The van der Waals surface area contributed by atoms with Crippen LogP contribution in [0, 0.1) is 11.3 Å². The fourth-order valence-electron chi connectivity index (χ4n) is 3.27. The summed E-state index contributed by atoms with van der Waals surface area (Å²) in [6, 6.07) is 0. The standard InChI is InChI=1S/C12H22N2O2/c1-3-11(2)7-12(4-5-16-11)8-14-6-9(12)10(13)15/h9,14H,3-8H2,1-2H3,(H2,13,15). The summed E-state index contributed by atoms with van der Waals surface area (Å²) in [7, 11) is 0. The molecule has 0 radical (unpaired) electrons. The first-order chi connectivity index (χ1) is 7.51. The molecule has 2 rings (SSSR count). The van der Waals surface area contributed by atoms with Gasteiger partial charge in [0.2, 0.25) is 5.91 Å². The maximum Gasteiger partial charge on any atom is 0.222 e. The van der Waals surface area contributed by atoms with Gasteiger partial charge < -0.3 is 15.8 Å². The van der Waals surface area contributed by atoms with E-state index in [1.165, 1.54) is 0 Å². The summed E-state index contributed by atoms with van der Waals surface area (Å²) in [4.78, 5) is 11.5. The first-order valence-corrected chi connectivity index (χ1v) is 6.15. The fraction of sp³-hybridized carbons (Fsp3) is 0.917. The Balaban J connectivity index is 2.20.